The van der Waals surface area contributed by atoms with Gasteiger partial charge in [0.2, 0.25) is 0 Å². The van der Waals surface area contributed by atoms with E-state index in [1.807, 2.05) is 6.92 Å². The van der Waals surface area contributed by atoms with E-state index in [0.717, 1.165) is 24.0 Å². The quantitative estimate of drug-likeness (QED) is 0.870. The lowest BCUT2D eigenvalue weighted by atomic mass is 9.87. The van der Waals surface area contributed by atoms with E-state index in [0.29, 0.717) is 5.92 Å². The van der Waals surface area contributed by atoms with Crippen molar-refractivity contribution in [2.75, 3.05) is 0 Å². The normalized spacial score (nSPS) is 18.8. The van der Waals surface area contributed by atoms with Gasteiger partial charge < -0.3 is 5.73 Å². The minimum Gasteiger partial charge on any atom is -0.319 e. The lowest BCUT2D eigenvalue weighted by Crippen LogP contribution is -2.48. The van der Waals surface area contributed by atoms with Gasteiger partial charge in [-0.05, 0) is 55.9 Å². The van der Waals surface area contributed by atoms with E-state index < -0.39 is 5.54 Å². The van der Waals surface area contributed by atoms with Crippen LogP contribution < -0.4 is 5.73 Å². The second-order valence-corrected chi connectivity index (χ2v) is 5.23. The molecule has 0 aromatic heterocycles. The van der Waals surface area contributed by atoms with Crippen LogP contribution in [0.15, 0.2) is 18.2 Å². The molecule has 1 aliphatic rings. The molecule has 17 heavy (non-hydrogen) atoms. The summed E-state index contributed by atoms with van der Waals surface area (Å²) in [5, 5.41) is 0. The summed E-state index contributed by atoms with van der Waals surface area (Å²) in [7, 11) is 0. The molecule has 1 unspecified atom stereocenters. The van der Waals surface area contributed by atoms with Gasteiger partial charge in [0.05, 0.1) is 5.54 Å². The highest BCUT2D eigenvalue weighted by molar-refractivity contribution is 5.90. The maximum Gasteiger partial charge on any atom is 0.157 e. The number of hydrogen-bond acceptors (Lipinski definition) is 2. The number of carbonyl (C=O) groups is 1. The molecule has 1 saturated carbocycles. The smallest absolute Gasteiger partial charge is 0.157 e. The van der Waals surface area contributed by atoms with Crippen molar-refractivity contribution in [3.05, 3.63) is 35.1 Å². The van der Waals surface area contributed by atoms with E-state index in [2.05, 4.69) is 0 Å². The number of halogens is 1. The van der Waals surface area contributed by atoms with Crippen LogP contribution in [-0.2, 0) is 11.2 Å². The van der Waals surface area contributed by atoms with Crippen LogP contribution in [0.2, 0.25) is 0 Å². The van der Waals surface area contributed by atoms with Crippen LogP contribution in [0.4, 0.5) is 4.39 Å². The lowest BCUT2D eigenvalue weighted by molar-refractivity contribution is -0.123. The highest BCUT2D eigenvalue weighted by Crippen LogP contribution is 2.39. The van der Waals surface area contributed by atoms with E-state index in [4.69, 9.17) is 5.73 Å². The molecule has 1 fully saturated rings. The molecule has 0 spiro atoms. The summed E-state index contributed by atoms with van der Waals surface area (Å²) in [5.41, 5.74) is 6.99. The third-order valence-electron chi connectivity index (χ3n) is 3.69. The summed E-state index contributed by atoms with van der Waals surface area (Å²) >= 11 is 0. The zero-order chi connectivity index (χ0) is 12.6. The molecule has 0 saturated heterocycles. The molecule has 2 rings (SSSR count). The SMILES string of the molecule is Cc1ccc(F)cc1CC(=O)C(C)(N)C1CC1. The van der Waals surface area contributed by atoms with E-state index in [-0.39, 0.29) is 18.0 Å². The molecule has 1 aliphatic carbocycles. The predicted molar refractivity (Wildman–Crippen MR) is 65.2 cm³/mol. The summed E-state index contributed by atoms with van der Waals surface area (Å²) in [4.78, 5) is 12.1. The minimum atomic E-state index is -0.751. The third-order valence-corrected chi connectivity index (χ3v) is 3.69. The van der Waals surface area contributed by atoms with Crippen LogP contribution in [0.3, 0.4) is 0 Å². The molecular formula is C14H18FNO. The van der Waals surface area contributed by atoms with Crippen molar-refractivity contribution in [1.82, 2.24) is 0 Å². The molecule has 92 valence electrons. The second-order valence-electron chi connectivity index (χ2n) is 5.23. The van der Waals surface area contributed by atoms with Gasteiger partial charge >= 0.3 is 0 Å². The summed E-state index contributed by atoms with van der Waals surface area (Å²) in [6.07, 6.45) is 2.29. The van der Waals surface area contributed by atoms with Crippen LogP contribution in [0.25, 0.3) is 0 Å². The average molecular weight is 235 g/mol. The van der Waals surface area contributed by atoms with Gasteiger partial charge in [0, 0.05) is 6.42 Å². The lowest BCUT2D eigenvalue weighted by Gasteiger charge is -2.23. The standard InChI is InChI=1S/C14H18FNO/c1-9-3-6-12(15)7-10(9)8-13(17)14(2,16)11-4-5-11/h3,6-7,11H,4-5,8,16H2,1-2H3. The first-order valence-corrected chi connectivity index (χ1v) is 5.98. The number of nitrogens with two attached hydrogens (primary N) is 1. The first-order chi connectivity index (χ1) is 7.91. The molecule has 0 heterocycles. The number of ketones is 1. The van der Waals surface area contributed by atoms with Crippen LogP contribution in [-0.4, -0.2) is 11.3 Å². The van der Waals surface area contributed by atoms with Gasteiger partial charge in [-0.2, -0.15) is 0 Å². The second kappa shape index (κ2) is 4.22. The monoisotopic (exact) mass is 235 g/mol. The number of carbonyl (C=O) groups excluding carboxylic acids is 1. The first-order valence-electron chi connectivity index (χ1n) is 5.98. The molecule has 1 aromatic rings. The molecule has 2 N–H and O–H groups in total. The van der Waals surface area contributed by atoms with Gasteiger partial charge in [-0.3, -0.25) is 4.79 Å². The number of rotatable bonds is 4. The van der Waals surface area contributed by atoms with Gasteiger partial charge in [-0.25, -0.2) is 4.39 Å². The zero-order valence-electron chi connectivity index (χ0n) is 10.3. The van der Waals surface area contributed by atoms with E-state index >= 15 is 0 Å². The Morgan fingerprint density at radius 2 is 2.18 bits per heavy atom. The summed E-state index contributed by atoms with van der Waals surface area (Å²) in [6, 6.07) is 4.53. The molecule has 3 heteroatoms. The Balaban J connectivity index is 2.15. The fourth-order valence-corrected chi connectivity index (χ4v) is 2.10. The minimum absolute atomic E-state index is 0.00806. The third kappa shape index (κ3) is 2.55. The summed E-state index contributed by atoms with van der Waals surface area (Å²) < 4.78 is 13.1. The van der Waals surface area contributed by atoms with Gasteiger partial charge in [-0.15, -0.1) is 0 Å². The van der Waals surface area contributed by atoms with E-state index in [9.17, 15) is 9.18 Å². The maximum atomic E-state index is 13.1. The Morgan fingerprint density at radius 3 is 2.76 bits per heavy atom. The summed E-state index contributed by atoms with van der Waals surface area (Å²) in [5.74, 6) is 0.0149. The first kappa shape index (κ1) is 12.2. The van der Waals surface area contributed by atoms with Crippen LogP contribution >= 0.6 is 0 Å². The van der Waals surface area contributed by atoms with Crippen molar-refractivity contribution in [3.63, 3.8) is 0 Å². The van der Waals surface area contributed by atoms with Crippen molar-refractivity contribution >= 4 is 5.78 Å². The van der Waals surface area contributed by atoms with E-state index in [1.54, 1.807) is 13.0 Å². The van der Waals surface area contributed by atoms with Gasteiger partial charge in [0.1, 0.15) is 5.82 Å². The van der Waals surface area contributed by atoms with Crippen LogP contribution in [0.1, 0.15) is 30.9 Å². The predicted octanol–water partition coefficient (Wildman–Crippen LogP) is 2.37. The Morgan fingerprint density at radius 1 is 1.53 bits per heavy atom. The van der Waals surface area contributed by atoms with Gasteiger partial charge in [-0.1, -0.05) is 6.07 Å². The van der Waals surface area contributed by atoms with Crippen molar-refractivity contribution in [2.45, 2.75) is 38.6 Å². The molecule has 2 nitrogen and oxygen atoms in total. The van der Waals surface area contributed by atoms with Crippen molar-refractivity contribution in [3.8, 4) is 0 Å². The zero-order valence-corrected chi connectivity index (χ0v) is 10.3. The topological polar surface area (TPSA) is 43.1 Å². The van der Waals surface area contributed by atoms with Crippen molar-refractivity contribution < 1.29 is 9.18 Å². The highest BCUT2D eigenvalue weighted by atomic mass is 19.1. The maximum absolute atomic E-state index is 13.1. The fraction of sp³-hybridized carbons (Fsp3) is 0.500. The Bertz CT molecular complexity index is 450. The highest BCUT2D eigenvalue weighted by Gasteiger charge is 2.43. The largest absolute Gasteiger partial charge is 0.319 e. The molecule has 0 bridgehead atoms. The number of hydrogen-bond donors (Lipinski definition) is 1. The number of Topliss-reactive ketones (excluding diaryl/α,β-unsaturated/α-hetero) is 1. The van der Waals surface area contributed by atoms with Gasteiger partial charge in [0.25, 0.3) is 0 Å². The molecule has 0 amide bonds. The van der Waals surface area contributed by atoms with Crippen molar-refractivity contribution in [1.29, 1.82) is 0 Å². The number of aryl methyl sites for hydroxylation is 1. The molecular weight excluding hydrogens is 217 g/mol. The number of benzene rings is 1. The Hall–Kier alpha value is -1.22. The Labute approximate surface area is 101 Å². The fourth-order valence-electron chi connectivity index (χ4n) is 2.10. The van der Waals surface area contributed by atoms with Gasteiger partial charge in [0.15, 0.2) is 5.78 Å². The molecule has 1 aromatic carbocycles. The van der Waals surface area contributed by atoms with Crippen LogP contribution in [0, 0.1) is 18.7 Å². The Kier molecular flexibility index (Phi) is 3.04. The van der Waals surface area contributed by atoms with Crippen molar-refractivity contribution in [2.24, 2.45) is 11.7 Å². The van der Waals surface area contributed by atoms with Crippen LogP contribution in [0.5, 0.6) is 0 Å². The summed E-state index contributed by atoms with van der Waals surface area (Å²) in [6.45, 7) is 3.68. The molecule has 0 radical (unpaired) electrons. The van der Waals surface area contributed by atoms with E-state index in [1.165, 1.54) is 12.1 Å². The molecule has 0 aliphatic heterocycles. The molecule has 1 atom stereocenters. The average Bonchev–Trinajstić information content (AvgIpc) is 3.07.